The first-order valence-corrected chi connectivity index (χ1v) is 6.60. The van der Waals surface area contributed by atoms with E-state index in [1.807, 2.05) is 0 Å². The average molecular weight is 300 g/mol. The molecule has 0 bridgehead atoms. The summed E-state index contributed by atoms with van der Waals surface area (Å²) < 4.78 is 10.6. The number of morpholine rings is 1. The van der Waals surface area contributed by atoms with Gasteiger partial charge in [0.1, 0.15) is 0 Å². The highest BCUT2D eigenvalue weighted by Crippen LogP contribution is 2.33. The number of hydrogen-bond donors (Lipinski definition) is 1. The normalized spacial score (nSPS) is 19.6. The van der Waals surface area contributed by atoms with Crippen molar-refractivity contribution in [1.29, 1.82) is 0 Å². The Morgan fingerprint density at radius 1 is 1.26 bits per heavy atom. The van der Waals surface area contributed by atoms with Gasteiger partial charge in [-0.2, -0.15) is 4.98 Å². The fourth-order valence-electron chi connectivity index (χ4n) is 1.91. The van der Waals surface area contributed by atoms with Crippen LogP contribution in [0.3, 0.4) is 0 Å². The second kappa shape index (κ2) is 5.46. The van der Waals surface area contributed by atoms with Crippen LogP contribution in [0.25, 0.3) is 11.5 Å². The maximum absolute atomic E-state index is 6.11. The van der Waals surface area contributed by atoms with Crippen molar-refractivity contribution in [2.75, 3.05) is 19.8 Å². The molecule has 0 saturated carbocycles. The molecule has 19 heavy (non-hydrogen) atoms. The van der Waals surface area contributed by atoms with Gasteiger partial charge in [0.25, 0.3) is 5.89 Å². The minimum Gasteiger partial charge on any atom is -0.378 e. The molecule has 100 valence electrons. The zero-order valence-electron chi connectivity index (χ0n) is 9.90. The summed E-state index contributed by atoms with van der Waals surface area (Å²) in [6.07, 6.45) is 0. The molecule has 0 aliphatic carbocycles. The summed E-state index contributed by atoms with van der Waals surface area (Å²) in [5.41, 5.74) is 0.557. The van der Waals surface area contributed by atoms with E-state index < -0.39 is 0 Å². The summed E-state index contributed by atoms with van der Waals surface area (Å²) in [6, 6.07) is 5.16. The van der Waals surface area contributed by atoms with E-state index in [-0.39, 0.29) is 6.04 Å². The van der Waals surface area contributed by atoms with Crippen LogP contribution in [0.1, 0.15) is 11.9 Å². The number of halogens is 2. The SMILES string of the molecule is Clc1cccc(Cl)c1-c1nc(C2COCCN2)no1. The summed E-state index contributed by atoms with van der Waals surface area (Å²) in [5, 5.41) is 8.17. The number of nitrogens with one attached hydrogen (secondary N) is 1. The fourth-order valence-corrected chi connectivity index (χ4v) is 2.47. The van der Waals surface area contributed by atoms with Crippen LogP contribution in [-0.2, 0) is 4.74 Å². The Kier molecular flexibility index (Phi) is 3.70. The van der Waals surface area contributed by atoms with Crippen LogP contribution in [-0.4, -0.2) is 29.9 Å². The molecule has 0 spiro atoms. The summed E-state index contributed by atoms with van der Waals surface area (Å²) >= 11 is 12.2. The average Bonchev–Trinajstić information content (AvgIpc) is 2.89. The third kappa shape index (κ3) is 2.60. The van der Waals surface area contributed by atoms with Gasteiger partial charge in [0.15, 0.2) is 5.82 Å². The van der Waals surface area contributed by atoms with E-state index >= 15 is 0 Å². The predicted octanol–water partition coefficient (Wildman–Crippen LogP) is 2.70. The lowest BCUT2D eigenvalue weighted by Crippen LogP contribution is -2.35. The topological polar surface area (TPSA) is 60.2 Å². The van der Waals surface area contributed by atoms with E-state index in [9.17, 15) is 0 Å². The van der Waals surface area contributed by atoms with E-state index in [1.165, 1.54) is 0 Å². The van der Waals surface area contributed by atoms with Crippen LogP contribution < -0.4 is 5.32 Å². The van der Waals surface area contributed by atoms with E-state index in [0.29, 0.717) is 40.5 Å². The van der Waals surface area contributed by atoms with Crippen molar-refractivity contribution in [2.24, 2.45) is 0 Å². The van der Waals surface area contributed by atoms with Gasteiger partial charge < -0.3 is 14.6 Å². The molecule has 2 heterocycles. The van der Waals surface area contributed by atoms with Crippen LogP contribution in [0.5, 0.6) is 0 Å². The van der Waals surface area contributed by atoms with E-state index in [1.54, 1.807) is 18.2 Å². The van der Waals surface area contributed by atoms with Gasteiger partial charge in [0, 0.05) is 6.54 Å². The maximum atomic E-state index is 6.11. The standard InChI is InChI=1S/C12H11Cl2N3O2/c13-7-2-1-3-8(14)10(7)12-16-11(17-19-12)9-6-18-5-4-15-9/h1-3,9,15H,4-6H2. The molecule has 5 nitrogen and oxygen atoms in total. The molecule has 1 aromatic heterocycles. The van der Waals surface area contributed by atoms with Gasteiger partial charge in [-0.05, 0) is 12.1 Å². The first-order valence-electron chi connectivity index (χ1n) is 5.85. The second-order valence-electron chi connectivity index (χ2n) is 4.14. The lowest BCUT2D eigenvalue weighted by molar-refractivity contribution is 0.0734. The molecule has 1 fully saturated rings. The Labute approximate surface area is 119 Å². The zero-order valence-corrected chi connectivity index (χ0v) is 11.4. The number of hydrogen-bond acceptors (Lipinski definition) is 5. The Bertz CT molecular complexity index is 562. The molecule has 1 aliphatic rings. The number of rotatable bonds is 2. The number of aromatic nitrogens is 2. The molecule has 2 aromatic rings. The predicted molar refractivity (Wildman–Crippen MR) is 71.3 cm³/mol. The number of ether oxygens (including phenoxy) is 1. The molecule has 0 amide bonds. The molecule has 0 radical (unpaired) electrons. The first-order chi connectivity index (χ1) is 9.25. The van der Waals surface area contributed by atoms with E-state index in [0.717, 1.165) is 6.54 Å². The van der Waals surface area contributed by atoms with Gasteiger partial charge in [0.2, 0.25) is 0 Å². The van der Waals surface area contributed by atoms with E-state index in [2.05, 4.69) is 15.5 Å². The molecule has 1 unspecified atom stereocenters. The largest absolute Gasteiger partial charge is 0.378 e. The quantitative estimate of drug-likeness (QED) is 0.924. The van der Waals surface area contributed by atoms with Gasteiger partial charge in [-0.15, -0.1) is 0 Å². The third-order valence-electron chi connectivity index (χ3n) is 2.85. The molecular weight excluding hydrogens is 289 g/mol. The molecule has 1 aromatic carbocycles. The Morgan fingerprint density at radius 3 is 2.74 bits per heavy atom. The van der Waals surface area contributed by atoms with Crippen molar-refractivity contribution in [3.63, 3.8) is 0 Å². The van der Waals surface area contributed by atoms with Crippen molar-refractivity contribution >= 4 is 23.2 Å². The summed E-state index contributed by atoms with van der Waals surface area (Å²) in [4.78, 5) is 4.34. The summed E-state index contributed by atoms with van der Waals surface area (Å²) in [6.45, 7) is 1.98. The highest BCUT2D eigenvalue weighted by atomic mass is 35.5. The van der Waals surface area contributed by atoms with Crippen LogP contribution in [0.15, 0.2) is 22.7 Å². The highest BCUT2D eigenvalue weighted by Gasteiger charge is 2.23. The minimum atomic E-state index is -0.0625. The van der Waals surface area contributed by atoms with Crippen LogP contribution >= 0.6 is 23.2 Å². The Balaban J connectivity index is 1.92. The molecule has 1 atom stereocenters. The van der Waals surface area contributed by atoms with Gasteiger partial charge in [0.05, 0.1) is 34.9 Å². The molecule has 7 heteroatoms. The van der Waals surface area contributed by atoms with Gasteiger partial charge in [-0.3, -0.25) is 0 Å². The lowest BCUT2D eigenvalue weighted by atomic mass is 10.2. The smallest absolute Gasteiger partial charge is 0.261 e. The number of nitrogens with zero attached hydrogens (tertiary/aromatic N) is 2. The van der Waals surface area contributed by atoms with Crippen LogP contribution in [0, 0.1) is 0 Å². The minimum absolute atomic E-state index is 0.0625. The molecular formula is C12H11Cl2N3O2. The first kappa shape index (κ1) is 12.9. The van der Waals surface area contributed by atoms with Gasteiger partial charge >= 0.3 is 0 Å². The van der Waals surface area contributed by atoms with Crippen molar-refractivity contribution in [3.05, 3.63) is 34.1 Å². The molecule has 1 saturated heterocycles. The van der Waals surface area contributed by atoms with Crippen molar-refractivity contribution in [1.82, 2.24) is 15.5 Å². The monoisotopic (exact) mass is 299 g/mol. The van der Waals surface area contributed by atoms with Crippen molar-refractivity contribution in [2.45, 2.75) is 6.04 Å². The Hall–Kier alpha value is -1.14. The van der Waals surface area contributed by atoms with Gasteiger partial charge in [-0.25, -0.2) is 0 Å². The lowest BCUT2D eigenvalue weighted by Gasteiger charge is -2.20. The summed E-state index contributed by atoms with van der Waals surface area (Å²) in [7, 11) is 0. The maximum Gasteiger partial charge on any atom is 0.261 e. The van der Waals surface area contributed by atoms with Crippen LogP contribution in [0.4, 0.5) is 0 Å². The summed E-state index contributed by atoms with van der Waals surface area (Å²) in [5.74, 6) is 0.864. The van der Waals surface area contributed by atoms with Crippen LogP contribution in [0.2, 0.25) is 10.0 Å². The fraction of sp³-hybridized carbons (Fsp3) is 0.333. The second-order valence-corrected chi connectivity index (χ2v) is 4.95. The molecule has 1 N–H and O–H groups in total. The van der Waals surface area contributed by atoms with Crippen molar-refractivity contribution < 1.29 is 9.26 Å². The third-order valence-corrected chi connectivity index (χ3v) is 3.48. The Morgan fingerprint density at radius 2 is 2.05 bits per heavy atom. The molecule has 1 aliphatic heterocycles. The number of benzene rings is 1. The van der Waals surface area contributed by atoms with Gasteiger partial charge in [-0.1, -0.05) is 34.4 Å². The molecule has 3 rings (SSSR count). The van der Waals surface area contributed by atoms with E-state index in [4.69, 9.17) is 32.5 Å². The zero-order chi connectivity index (χ0) is 13.2. The van der Waals surface area contributed by atoms with Crippen molar-refractivity contribution in [3.8, 4) is 11.5 Å². The highest BCUT2D eigenvalue weighted by molar-refractivity contribution is 6.38.